The highest BCUT2D eigenvalue weighted by Crippen LogP contribution is 2.32. The van der Waals surface area contributed by atoms with Crippen molar-refractivity contribution in [2.24, 2.45) is 0 Å². The molecule has 1 amide bonds. The Balaban J connectivity index is 1.58. The standard InChI is InChI=1S/C18H16BrN3OS/c19-14-6-2-1-5-13(14)17(23)20-12-7-8-15-16(11-12)24-18(21-15)22-9-3-4-10-22/h1-2,5-8,11H,3-4,9-10H2,(H,20,23). The van der Waals surface area contributed by atoms with Crippen molar-refractivity contribution in [2.45, 2.75) is 12.8 Å². The molecule has 1 saturated heterocycles. The second-order valence-corrected chi connectivity index (χ2v) is 7.67. The minimum absolute atomic E-state index is 0.119. The van der Waals surface area contributed by atoms with Gasteiger partial charge in [-0.2, -0.15) is 0 Å². The van der Waals surface area contributed by atoms with Crippen LogP contribution in [-0.4, -0.2) is 24.0 Å². The van der Waals surface area contributed by atoms with E-state index in [0.29, 0.717) is 5.56 Å². The molecular weight excluding hydrogens is 386 g/mol. The van der Waals surface area contributed by atoms with Crippen LogP contribution in [0.25, 0.3) is 10.2 Å². The Kier molecular flexibility index (Phi) is 4.24. The molecule has 0 aliphatic carbocycles. The molecule has 0 bridgehead atoms. The molecule has 0 saturated carbocycles. The average molecular weight is 402 g/mol. The molecule has 4 rings (SSSR count). The molecule has 1 aliphatic rings. The van der Waals surface area contributed by atoms with Crippen LogP contribution in [0.15, 0.2) is 46.9 Å². The Morgan fingerprint density at radius 2 is 1.96 bits per heavy atom. The molecule has 4 nitrogen and oxygen atoms in total. The third-order valence-corrected chi connectivity index (χ3v) is 5.90. The number of aromatic nitrogens is 1. The summed E-state index contributed by atoms with van der Waals surface area (Å²) < 4.78 is 1.89. The Bertz CT molecular complexity index is 902. The van der Waals surface area contributed by atoms with Gasteiger partial charge < -0.3 is 10.2 Å². The number of nitrogens with one attached hydrogen (secondary N) is 1. The third-order valence-electron chi connectivity index (χ3n) is 4.13. The Labute approximate surface area is 152 Å². The molecule has 1 fully saturated rings. The van der Waals surface area contributed by atoms with Gasteiger partial charge in [0.1, 0.15) is 0 Å². The number of carbonyl (C=O) groups is 1. The zero-order valence-electron chi connectivity index (χ0n) is 13.0. The van der Waals surface area contributed by atoms with Gasteiger partial charge in [-0.25, -0.2) is 4.98 Å². The Morgan fingerprint density at radius 1 is 1.17 bits per heavy atom. The number of anilines is 2. The molecule has 0 radical (unpaired) electrons. The first-order valence-electron chi connectivity index (χ1n) is 7.92. The van der Waals surface area contributed by atoms with Crippen molar-refractivity contribution in [2.75, 3.05) is 23.3 Å². The minimum Gasteiger partial charge on any atom is -0.348 e. The van der Waals surface area contributed by atoms with E-state index in [0.717, 1.165) is 38.6 Å². The van der Waals surface area contributed by atoms with Crippen molar-refractivity contribution >= 4 is 54.2 Å². The maximum atomic E-state index is 12.4. The lowest BCUT2D eigenvalue weighted by Crippen LogP contribution is -2.16. The van der Waals surface area contributed by atoms with E-state index in [1.807, 2.05) is 36.4 Å². The normalized spacial score (nSPS) is 14.3. The Morgan fingerprint density at radius 3 is 2.75 bits per heavy atom. The first-order chi connectivity index (χ1) is 11.7. The van der Waals surface area contributed by atoms with E-state index in [-0.39, 0.29) is 5.91 Å². The van der Waals surface area contributed by atoms with Gasteiger partial charge in [0.2, 0.25) is 0 Å². The van der Waals surface area contributed by atoms with Crippen molar-refractivity contribution in [3.05, 3.63) is 52.5 Å². The number of carbonyl (C=O) groups excluding carboxylic acids is 1. The fraction of sp³-hybridized carbons (Fsp3) is 0.222. The molecular formula is C18H16BrN3OS. The van der Waals surface area contributed by atoms with Gasteiger partial charge in [0.15, 0.2) is 5.13 Å². The van der Waals surface area contributed by atoms with Crippen molar-refractivity contribution < 1.29 is 4.79 Å². The second-order valence-electron chi connectivity index (χ2n) is 5.81. The third kappa shape index (κ3) is 3.03. The SMILES string of the molecule is O=C(Nc1ccc2nc(N3CCCC3)sc2c1)c1ccccc1Br. The van der Waals surface area contributed by atoms with Gasteiger partial charge in [0.25, 0.3) is 5.91 Å². The van der Waals surface area contributed by atoms with Crippen LogP contribution < -0.4 is 10.2 Å². The van der Waals surface area contributed by atoms with Crippen molar-refractivity contribution in [3.63, 3.8) is 0 Å². The molecule has 1 aliphatic heterocycles. The molecule has 1 aromatic heterocycles. The highest BCUT2D eigenvalue weighted by molar-refractivity contribution is 9.10. The molecule has 0 atom stereocenters. The van der Waals surface area contributed by atoms with E-state index in [1.165, 1.54) is 12.8 Å². The summed E-state index contributed by atoms with van der Waals surface area (Å²) in [4.78, 5) is 19.5. The van der Waals surface area contributed by atoms with Crippen LogP contribution in [0.4, 0.5) is 10.8 Å². The number of fused-ring (bicyclic) bond motifs is 1. The lowest BCUT2D eigenvalue weighted by Gasteiger charge is -2.11. The van der Waals surface area contributed by atoms with E-state index in [1.54, 1.807) is 17.4 Å². The molecule has 2 aromatic carbocycles. The Hall–Kier alpha value is -1.92. The van der Waals surface area contributed by atoms with Crippen molar-refractivity contribution in [3.8, 4) is 0 Å². The van der Waals surface area contributed by atoms with E-state index >= 15 is 0 Å². The smallest absolute Gasteiger partial charge is 0.256 e. The van der Waals surface area contributed by atoms with Crippen molar-refractivity contribution in [1.29, 1.82) is 0 Å². The molecule has 6 heteroatoms. The van der Waals surface area contributed by atoms with Crippen LogP contribution in [0.2, 0.25) is 0 Å². The van der Waals surface area contributed by atoms with E-state index in [9.17, 15) is 4.79 Å². The van der Waals surface area contributed by atoms with E-state index in [4.69, 9.17) is 4.98 Å². The van der Waals surface area contributed by atoms with Gasteiger partial charge in [-0.1, -0.05) is 23.5 Å². The summed E-state index contributed by atoms with van der Waals surface area (Å²) in [5.41, 5.74) is 2.40. The molecule has 3 aromatic rings. The predicted octanol–water partition coefficient (Wildman–Crippen LogP) is 4.91. The van der Waals surface area contributed by atoms with Crippen LogP contribution in [-0.2, 0) is 0 Å². The molecule has 1 N–H and O–H groups in total. The summed E-state index contributed by atoms with van der Waals surface area (Å²) in [6, 6.07) is 13.3. The van der Waals surface area contributed by atoms with Gasteiger partial charge in [0.05, 0.1) is 15.8 Å². The zero-order chi connectivity index (χ0) is 16.5. The summed E-state index contributed by atoms with van der Waals surface area (Å²) in [6.45, 7) is 2.18. The summed E-state index contributed by atoms with van der Waals surface area (Å²) >= 11 is 5.11. The lowest BCUT2D eigenvalue weighted by molar-refractivity contribution is 0.102. The fourth-order valence-electron chi connectivity index (χ4n) is 2.88. The monoisotopic (exact) mass is 401 g/mol. The first-order valence-corrected chi connectivity index (χ1v) is 9.53. The molecule has 2 heterocycles. The number of thiazole rings is 1. The van der Waals surface area contributed by atoms with Gasteiger partial charge in [0, 0.05) is 23.2 Å². The predicted molar refractivity (Wildman–Crippen MR) is 103 cm³/mol. The van der Waals surface area contributed by atoms with Crippen LogP contribution in [0.3, 0.4) is 0 Å². The quantitative estimate of drug-likeness (QED) is 0.677. The molecule has 122 valence electrons. The largest absolute Gasteiger partial charge is 0.348 e. The highest BCUT2D eigenvalue weighted by Gasteiger charge is 2.17. The number of halogens is 1. The van der Waals surface area contributed by atoms with Crippen molar-refractivity contribution in [1.82, 2.24) is 4.98 Å². The zero-order valence-corrected chi connectivity index (χ0v) is 15.4. The average Bonchev–Trinajstić information content (AvgIpc) is 3.24. The van der Waals surface area contributed by atoms with Crippen LogP contribution in [0.1, 0.15) is 23.2 Å². The number of benzene rings is 2. The maximum absolute atomic E-state index is 12.4. The maximum Gasteiger partial charge on any atom is 0.256 e. The fourth-order valence-corrected chi connectivity index (χ4v) is 4.40. The lowest BCUT2D eigenvalue weighted by atomic mass is 10.2. The summed E-state index contributed by atoms with van der Waals surface area (Å²) in [5, 5.41) is 4.05. The molecule has 0 unspecified atom stereocenters. The van der Waals surface area contributed by atoms with Crippen LogP contribution >= 0.6 is 27.3 Å². The molecule has 0 spiro atoms. The van der Waals surface area contributed by atoms with Gasteiger partial charge in [-0.15, -0.1) is 0 Å². The number of amides is 1. The minimum atomic E-state index is -0.119. The summed E-state index contributed by atoms with van der Waals surface area (Å²) in [6.07, 6.45) is 2.48. The number of nitrogens with zero attached hydrogens (tertiary/aromatic N) is 2. The van der Waals surface area contributed by atoms with Crippen LogP contribution in [0, 0.1) is 0 Å². The van der Waals surface area contributed by atoms with Gasteiger partial charge in [-0.05, 0) is 59.1 Å². The number of hydrogen-bond donors (Lipinski definition) is 1. The first kappa shape index (κ1) is 15.6. The van der Waals surface area contributed by atoms with Gasteiger partial charge in [-0.3, -0.25) is 4.79 Å². The summed E-state index contributed by atoms with van der Waals surface area (Å²) in [5.74, 6) is -0.119. The van der Waals surface area contributed by atoms with Gasteiger partial charge >= 0.3 is 0 Å². The van der Waals surface area contributed by atoms with E-state index < -0.39 is 0 Å². The molecule has 24 heavy (non-hydrogen) atoms. The number of rotatable bonds is 3. The highest BCUT2D eigenvalue weighted by atomic mass is 79.9. The van der Waals surface area contributed by atoms with E-state index in [2.05, 4.69) is 26.1 Å². The van der Waals surface area contributed by atoms with Crippen LogP contribution in [0.5, 0.6) is 0 Å². The second kappa shape index (κ2) is 6.53. The number of hydrogen-bond acceptors (Lipinski definition) is 4. The summed E-state index contributed by atoms with van der Waals surface area (Å²) in [7, 11) is 0. The topological polar surface area (TPSA) is 45.2 Å².